The normalized spacial score (nSPS) is 11.6. The zero-order valence-electron chi connectivity index (χ0n) is 8.04. The van der Waals surface area contributed by atoms with E-state index in [1.807, 2.05) is 13.0 Å². The molecule has 4 heteroatoms. The van der Waals surface area contributed by atoms with Crippen molar-refractivity contribution in [3.8, 4) is 18.2 Å². The minimum Gasteiger partial charge on any atom is -0.481 e. The number of aromatic nitrogens is 1. The number of nitrogens with one attached hydrogen (secondary N) is 1. The van der Waals surface area contributed by atoms with E-state index in [9.17, 15) is 0 Å². The van der Waals surface area contributed by atoms with Crippen LogP contribution in [0.25, 0.3) is 0 Å². The van der Waals surface area contributed by atoms with Crippen molar-refractivity contribution in [2.24, 2.45) is 0 Å². The predicted octanol–water partition coefficient (Wildman–Crippen LogP) is 2.13. The number of hydrogen-bond donors (Lipinski definition) is 1. The maximum absolute atomic E-state index is 5.28. The average Bonchev–Trinajstić information content (AvgIpc) is 2.21. The van der Waals surface area contributed by atoms with Gasteiger partial charge in [-0.1, -0.05) is 5.92 Å². The largest absolute Gasteiger partial charge is 0.481 e. The van der Waals surface area contributed by atoms with E-state index in [0.717, 1.165) is 9.26 Å². The molecule has 0 spiro atoms. The molecule has 0 aromatic carbocycles. The molecule has 1 heterocycles. The Balaban J connectivity index is 2.90. The summed E-state index contributed by atoms with van der Waals surface area (Å²) in [5.74, 6) is 3.18. The topological polar surface area (TPSA) is 34.1 Å². The first-order valence-electron chi connectivity index (χ1n) is 4.09. The molecule has 0 aliphatic carbocycles. The molecular formula is C10H11IN2O. The molecule has 74 valence electrons. The van der Waals surface area contributed by atoms with Crippen LogP contribution in [0.3, 0.4) is 0 Å². The number of terminal acetylenes is 1. The number of rotatable bonds is 3. The number of halogens is 1. The van der Waals surface area contributed by atoms with Gasteiger partial charge >= 0.3 is 0 Å². The Hall–Kier alpha value is -0.960. The van der Waals surface area contributed by atoms with Crippen molar-refractivity contribution in [3.63, 3.8) is 0 Å². The molecule has 1 aromatic rings. The second-order valence-electron chi connectivity index (χ2n) is 2.74. The third-order valence-electron chi connectivity index (χ3n) is 1.66. The zero-order chi connectivity index (χ0) is 10.6. The standard InChI is InChI=1S/C10H11IN2O/c1-4-7(2)13-9-5-10(14-3)12-6-8(9)11/h1,5-7H,2-3H3,(H,12,13). The van der Waals surface area contributed by atoms with Gasteiger partial charge in [-0.2, -0.15) is 0 Å². The Kier molecular flexibility index (Phi) is 4.01. The number of ether oxygens (including phenoxy) is 1. The van der Waals surface area contributed by atoms with Crippen molar-refractivity contribution < 1.29 is 4.74 Å². The van der Waals surface area contributed by atoms with Crippen molar-refractivity contribution in [1.29, 1.82) is 0 Å². The number of hydrogen-bond acceptors (Lipinski definition) is 3. The van der Waals surface area contributed by atoms with Crippen LogP contribution in [0.1, 0.15) is 6.92 Å². The fraction of sp³-hybridized carbons (Fsp3) is 0.300. The van der Waals surface area contributed by atoms with Crippen LogP contribution in [0, 0.1) is 15.9 Å². The summed E-state index contributed by atoms with van der Waals surface area (Å²) < 4.78 is 6.04. The van der Waals surface area contributed by atoms with Gasteiger partial charge in [0, 0.05) is 12.3 Å². The number of nitrogens with zero attached hydrogens (tertiary/aromatic N) is 1. The van der Waals surface area contributed by atoms with Crippen LogP contribution in [0.2, 0.25) is 0 Å². The number of methoxy groups -OCH3 is 1. The molecule has 1 unspecified atom stereocenters. The summed E-state index contributed by atoms with van der Waals surface area (Å²) in [5.41, 5.74) is 0.947. The van der Waals surface area contributed by atoms with Gasteiger partial charge in [-0.15, -0.1) is 6.42 Å². The minimum atomic E-state index is -0.00405. The van der Waals surface area contributed by atoms with Crippen molar-refractivity contribution in [1.82, 2.24) is 4.98 Å². The van der Waals surface area contributed by atoms with E-state index < -0.39 is 0 Å². The van der Waals surface area contributed by atoms with E-state index >= 15 is 0 Å². The van der Waals surface area contributed by atoms with Crippen LogP contribution in [0.4, 0.5) is 5.69 Å². The lowest BCUT2D eigenvalue weighted by molar-refractivity contribution is 0.398. The molecule has 14 heavy (non-hydrogen) atoms. The quantitative estimate of drug-likeness (QED) is 0.686. The predicted molar refractivity (Wildman–Crippen MR) is 65.4 cm³/mol. The molecule has 1 rings (SSSR count). The molecule has 0 saturated carbocycles. The van der Waals surface area contributed by atoms with Gasteiger partial charge in [0.25, 0.3) is 0 Å². The first-order chi connectivity index (χ1) is 6.67. The van der Waals surface area contributed by atoms with Crippen LogP contribution in [-0.2, 0) is 0 Å². The smallest absolute Gasteiger partial charge is 0.215 e. The van der Waals surface area contributed by atoms with E-state index in [2.05, 4.69) is 38.8 Å². The van der Waals surface area contributed by atoms with Crippen LogP contribution in [0.15, 0.2) is 12.3 Å². The van der Waals surface area contributed by atoms with Crippen LogP contribution in [-0.4, -0.2) is 18.1 Å². The Morgan fingerprint density at radius 2 is 2.43 bits per heavy atom. The second-order valence-corrected chi connectivity index (χ2v) is 3.90. The molecule has 0 bridgehead atoms. The molecule has 0 saturated heterocycles. The van der Waals surface area contributed by atoms with Gasteiger partial charge < -0.3 is 10.1 Å². The average molecular weight is 302 g/mol. The molecule has 1 aromatic heterocycles. The lowest BCUT2D eigenvalue weighted by atomic mass is 10.3. The van der Waals surface area contributed by atoms with Crippen molar-refractivity contribution >= 4 is 28.3 Å². The van der Waals surface area contributed by atoms with Gasteiger partial charge in [0.2, 0.25) is 5.88 Å². The van der Waals surface area contributed by atoms with Gasteiger partial charge in [-0.3, -0.25) is 0 Å². The molecule has 0 aliphatic rings. The lowest BCUT2D eigenvalue weighted by Crippen LogP contribution is -2.13. The van der Waals surface area contributed by atoms with Crippen molar-refractivity contribution in [2.75, 3.05) is 12.4 Å². The second kappa shape index (κ2) is 5.05. The number of pyridine rings is 1. The Bertz CT molecular complexity index is 360. The molecule has 0 radical (unpaired) electrons. The Labute approximate surface area is 97.4 Å². The van der Waals surface area contributed by atoms with Crippen LogP contribution >= 0.6 is 22.6 Å². The molecule has 1 atom stereocenters. The zero-order valence-corrected chi connectivity index (χ0v) is 10.2. The molecular weight excluding hydrogens is 291 g/mol. The van der Waals surface area contributed by atoms with Crippen molar-refractivity contribution in [3.05, 3.63) is 15.8 Å². The summed E-state index contributed by atoms with van der Waals surface area (Å²) in [6.07, 6.45) is 7.02. The van der Waals surface area contributed by atoms with Crippen LogP contribution in [0.5, 0.6) is 5.88 Å². The molecule has 0 amide bonds. The molecule has 0 aliphatic heterocycles. The summed E-state index contributed by atoms with van der Waals surface area (Å²) in [5, 5.41) is 3.17. The highest BCUT2D eigenvalue weighted by molar-refractivity contribution is 14.1. The highest BCUT2D eigenvalue weighted by Crippen LogP contribution is 2.21. The summed E-state index contributed by atoms with van der Waals surface area (Å²) in [6, 6.07) is 1.82. The van der Waals surface area contributed by atoms with Gasteiger partial charge in [0.15, 0.2) is 0 Å². The maximum Gasteiger partial charge on any atom is 0.215 e. The van der Waals surface area contributed by atoms with Crippen LogP contribution < -0.4 is 10.1 Å². The molecule has 3 nitrogen and oxygen atoms in total. The molecule has 0 fully saturated rings. The van der Waals surface area contributed by atoms with E-state index in [1.54, 1.807) is 13.3 Å². The first-order valence-corrected chi connectivity index (χ1v) is 5.17. The third-order valence-corrected chi connectivity index (χ3v) is 2.52. The minimum absolute atomic E-state index is 0.00405. The van der Waals surface area contributed by atoms with E-state index in [4.69, 9.17) is 11.2 Å². The van der Waals surface area contributed by atoms with Crippen molar-refractivity contribution in [2.45, 2.75) is 13.0 Å². The third kappa shape index (κ3) is 2.77. The van der Waals surface area contributed by atoms with Gasteiger partial charge in [-0.25, -0.2) is 4.98 Å². The highest BCUT2D eigenvalue weighted by atomic mass is 127. The fourth-order valence-electron chi connectivity index (χ4n) is 0.917. The monoisotopic (exact) mass is 302 g/mol. The molecule has 1 N–H and O–H groups in total. The maximum atomic E-state index is 5.28. The van der Waals surface area contributed by atoms with Gasteiger partial charge in [-0.05, 0) is 29.5 Å². The summed E-state index contributed by atoms with van der Waals surface area (Å²) in [7, 11) is 1.59. The first kappa shape index (κ1) is 11.1. The van der Waals surface area contributed by atoms with Gasteiger partial charge in [0.1, 0.15) is 0 Å². The summed E-state index contributed by atoms with van der Waals surface area (Å²) >= 11 is 2.19. The highest BCUT2D eigenvalue weighted by Gasteiger charge is 2.04. The van der Waals surface area contributed by atoms with E-state index in [0.29, 0.717) is 5.88 Å². The van der Waals surface area contributed by atoms with Gasteiger partial charge in [0.05, 0.1) is 22.4 Å². The SMILES string of the molecule is C#CC(C)Nc1cc(OC)ncc1I. The Morgan fingerprint density at radius 3 is 3.00 bits per heavy atom. The lowest BCUT2D eigenvalue weighted by Gasteiger charge is -2.11. The Morgan fingerprint density at radius 1 is 1.71 bits per heavy atom. The summed E-state index contributed by atoms with van der Waals surface area (Å²) in [6.45, 7) is 1.92. The van der Waals surface area contributed by atoms with E-state index in [1.165, 1.54) is 0 Å². The number of anilines is 1. The van der Waals surface area contributed by atoms with E-state index in [-0.39, 0.29) is 6.04 Å². The summed E-state index contributed by atoms with van der Waals surface area (Å²) in [4.78, 5) is 4.07. The fourth-order valence-corrected chi connectivity index (χ4v) is 1.37.